The molecule has 1 saturated heterocycles. The lowest BCUT2D eigenvalue weighted by Gasteiger charge is -2.29. The minimum atomic E-state index is -4.02. The van der Waals surface area contributed by atoms with E-state index in [0.29, 0.717) is 6.42 Å². The molecule has 1 heterocycles. The quantitative estimate of drug-likeness (QED) is 0.424. The van der Waals surface area contributed by atoms with Crippen LogP contribution in [-0.2, 0) is 29.2 Å². The predicted molar refractivity (Wildman–Crippen MR) is 101 cm³/mol. The summed E-state index contributed by atoms with van der Waals surface area (Å²) >= 11 is 0. The van der Waals surface area contributed by atoms with E-state index in [-0.39, 0.29) is 23.8 Å². The molecule has 1 aliphatic rings. The summed E-state index contributed by atoms with van der Waals surface area (Å²) in [5.74, 6) is -1.48. The van der Waals surface area contributed by atoms with Gasteiger partial charge >= 0.3 is 5.97 Å². The maximum atomic E-state index is 11.6. The third-order valence-electron chi connectivity index (χ3n) is 3.58. The smallest absolute Gasteiger partial charge is 0.326 e. The molecular formula is C18H26N2O7S. The Morgan fingerprint density at radius 2 is 1.79 bits per heavy atom. The highest BCUT2D eigenvalue weighted by Crippen LogP contribution is 2.13. The van der Waals surface area contributed by atoms with Crippen LogP contribution in [0.5, 0.6) is 0 Å². The van der Waals surface area contributed by atoms with Crippen LogP contribution in [0.25, 0.3) is 0 Å². The highest BCUT2D eigenvalue weighted by atomic mass is 32.2. The Morgan fingerprint density at radius 3 is 2.25 bits per heavy atom. The molecule has 2 amide bonds. The summed E-state index contributed by atoms with van der Waals surface area (Å²) in [7, 11) is -4.02. The molecule has 1 aromatic carbocycles. The fourth-order valence-corrected chi connectivity index (χ4v) is 2.72. The molecule has 1 atom stereocenters. The highest BCUT2D eigenvalue weighted by Gasteiger charge is 2.34. The van der Waals surface area contributed by atoms with Gasteiger partial charge in [-0.3, -0.25) is 23.8 Å². The van der Waals surface area contributed by atoms with Crippen LogP contribution in [0.3, 0.4) is 0 Å². The summed E-state index contributed by atoms with van der Waals surface area (Å²) in [4.78, 5) is 35.4. The number of carbonyl (C=O) groups excluding carboxylic acids is 3. The molecule has 1 fully saturated rings. The number of piperidine rings is 1. The molecule has 9 nitrogen and oxygen atoms in total. The number of ether oxygens (including phenoxy) is 1. The monoisotopic (exact) mass is 414 g/mol. The standard InChI is InChI=1S/C11H18N2O4.C7H8O3S/c1-11(2,3)17-9(15)6-13-8(14)5-4-7(12)10(13)16;1-6-2-4-7(5-3-6)11(8,9)10/h7H,4-6,12H2,1-3H3;2-5H,1H3,(H,8,9,10). The van der Waals surface area contributed by atoms with Crippen LogP contribution >= 0.6 is 0 Å². The van der Waals surface area contributed by atoms with E-state index < -0.39 is 33.6 Å². The first kappa shape index (κ1) is 23.7. The third-order valence-corrected chi connectivity index (χ3v) is 4.45. The van der Waals surface area contributed by atoms with Gasteiger partial charge in [0.25, 0.3) is 10.1 Å². The summed E-state index contributed by atoms with van der Waals surface area (Å²) in [6.45, 7) is 6.64. The van der Waals surface area contributed by atoms with E-state index in [1.807, 2.05) is 6.92 Å². The SMILES string of the molecule is CC(C)(C)OC(=O)CN1C(=O)CCC(N)C1=O.Cc1ccc(S(=O)(=O)O)cc1. The van der Waals surface area contributed by atoms with Gasteiger partial charge in [-0.15, -0.1) is 0 Å². The Bertz CT molecular complexity index is 826. The molecule has 0 saturated carbocycles. The zero-order chi connectivity index (χ0) is 21.7. The van der Waals surface area contributed by atoms with Crippen LogP contribution in [0.1, 0.15) is 39.2 Å². The summed E-state index contributed by atoms with van der Waals surface area (Å²) < 4.78 is 34.6. The summed E-state index contributed by atoms with van der Waals surface area (Å²) in [5, 5.41) is 0. The number of nitrogens with zero attached hydrogens (tertiary/aromatic N) is 1. The van der Waals surface area contributed by atoms with E-state index >= 15 is 0 Å². The van der Waals surface area contributed by atoms with Crippen LogP contribution in [-0.4, -0.2) is 53.8 Å². The van der Waals surface area contributed by atoms with Gasteiger partial charge in [0.05, 0.1) is 10.9 Å². The van der Waals surface area contributed by atoms with Crippen molar-refractivity contribution in [3.05, 3.63) is 29.8 Å². The van der Waals surface area contributed by atoms with E-state index in [2.05, 4.69) is 0 Å². The number of benzene rings is 1. The van der Waals surface area contributed by atoms with E-state index in [0.717, 1.165) is 10.5 Å². The summed E-state index contributed by atoms with van der Waals surface area (Å²) in [5.41, 5.74) is 5.86. The van der Waals surface area contributed by atoms with Gasteiger partial charge < -0.3 is 10.5 Å². The molecule has 0 aromatic heterocycles. The first-order valence-electron chi connectivity index (χ1n) is 8.56. The fourth-order valence-electron chi connectivity index (χ4n) is 2.24. The molecule has 0 radical (unpaired) electrons. The molecule has 1 aliphatic heterocycles. The van der Waals surface area contributed by atoms with Crippen molar-refractivity contribution in [2.45, 2.75) is 57.1 Å². The first-order valence-corrected chi connectivity index (χ1v) is 10.0. The van der Waals surface area contributed by atoms with Crippen molar-refractivity contribution in [3.63, 3.8) is 0 Å². The highest BCUT2D eigenvalue weighted by molar-refractivity contribution is 7.85. The second-order valence-corrected chi connectivity index (χ2v) is 8.76. The molecule has 0 spiro atoms. The van der Waals surface area contributed by atoms with Crippen LogP contribution < -0.4 is 5.73 Å². The Hall–Kier alpha value is -2.30. The zero-order valence-electron chi connectivity index (χ0n) is 16.3. The van der Waals surface area contributed by atoms with E-state index in [1.54, 1.807) is 32.9 Å². The van der Waals surface area contributed by atoms with E-state index in [1.165, 1.54) is 12.1 Å². The summed E-state index contributed by atoms with van der Waals surface area (Å²) in [6, 6.07) is 5.29. The largest absolute Gasteiger partial charge is 0.459 e. The van der Waals surface area contributed by atoms with Gasteiger partial charge in [0.1, 0.15) is 12.1 Å². The Kier molecular flexibility index (Phi) is 7.85. The molecule has 28 heavy (non-hydrogen) atoms. The number of carbonyl (C=O) groups is 3. The lowest BCUT2D eigenvalue weighted by Crippen LogP contribution is -2.53. The molecule has 156 valence electrons. The molecule has 1 aromatic rings. The topological polar surface area (TPSA) is 144 Å². The van der Waals surface area contributed by atoms with Crippen molar-refractivity contribution in [2.24, 2.45) is 5.73 Å². The average molecular weight is 414 g/mol. The zero-order valence-corrected chi connectivity index (χ0v) is 17.2. The van der Waals surface area contributed by atoms with Gasteiger partial charge in [-0.25, -0.2) is 0 Å². The maximum Gasteiger partial charge on any atom is 0.326 e. The van der Waals surface area contributed by atoms with Gasteiger partial charge in [0.15, 0.2) is 0 Å². The molecule has 1 unspecified atom stereocenters. The van der Waals surface area contributed by atoms with Gasteiger partial charge in [-0.1, -0.05) is 17.7 Å². The van der Waals surface area contributed by atoms with Crippen LogP contribution in [0.4, 0.5) is 0 Å². The van der Waals surface area contributed by atoms with Crippen LogP contribution in [0.15, 0.2) is 29.2 Å². The van der Waals surface area contributed by atoms with Gasteiger partial charge in [0, 0.05) is 6.42 Å². The van der Waals surface area contributed by atoms with E-state index in [9.17, 15) is 22.8 Å². The van der Waals surface area contributed by atoms with Gasteiger partial charge in [0.2, 0.25) is 11.8 Å². The minimum Gasteiger partial charge on any atom is -0.459 e. The normalized spacial score (nSPS) is 17.6. The third kappa shape index (κ3) is 7.75. The number of imide groups is 1. The van der Waals surface area contributed by atoms with Crippen molar-refractivity contribution >= 4 is 27.9 Å². The molecular weight excluding hydrogens is 388 g/mol. The average Bonchev–Trinajstić information content (AvgIpc) is 2.54. The number of nitrogens with two attached hydrogens (primary N) is 1. The molecule has 2 rings (SSSR count). The minimum absolute atomic E-state index is 0.0666. The second kappa shape index (κ2) is 9.26. The van der Waals surface area contributed by atoms with Gasteiger partial charge in [-0.2, -0.15) is 8.42 Å². The van der Waals surface area contributed by atoms with Crippen molar-refractivity contribution in [1.29, 1.82) is 0 Å². The van der Waals surface area contributed by atoms with Crippen LogP contribution in [0.2, 0.25) is 0 Å². The Labute approximate surface area is 164 Å². The number of aryl methyl sites for hydroxylation is 1. The molecule has 3 N–H and O–H groups in total. The number of hydrogen-bond donors (Lipinski definition) is 2. The number of hydrogen-bond acceptors (Lipinski definition) is 7. The van der Waals surface area contributed by atoms with Gasteiger partial charge in [-0.05, 0) is 46.2 Å². The van der Waals surface area contributed by atoms with Crippen LogP contribution in [0, 0.1) is 6.92 Å². The Balaban J connectivity index is 0.000000307. The number of esters is 1. The Morgan fingerprint density at radius 1 is 1.25 bits per heavy atom. The number of likely N-dealkylation sites (tertiary alicyclic amines) is 1. The lowest BCUT2D eigenvalue weighted by atomic mass is 10.1. The van der Waals surface area contributed by atoms with Crippen molar-refractivity contribution in [2.75, 3.05) is 6.54 Å². The molecule has 0 aliphatic carbocycles. The lowest BCUT2D eigenvalue weighted by molar-refractivity contribution is -0.164. The summed E-state index contributed by atoms with van der Waals surface area (Å²) in [6.07, 6.45) is 0.526. The van der Waals surface area contributed by atoms with Crippen molar-refractivity contribution in [1.82, 2.24) is 4.90 Å². The molecule has 10 heteroatoms. The predicted octanol–water partition coefficient (Wildman–Crippen LogP) is 1.05. The van der Waals surface area contributed by atoms with Crippen molar-refractivity contribution < 1.29 is 32.1 Å². The number of amides is 2. The first-order chi connectivity index (χ1) is 12.7. The van der Waals surface area contributed by atoms with Crippen molar-refractivity contribution in [3.8, 4) is 0 Å². The van der Waals surface area contributed by atoms with E-state index in [4.69, 9.17) is 15.0 Å². The molecule has 0 bridgehead atoms. The second-order valence-electron chi connectivity index (χ2n) is 7.34. The number of rotatable bonds is 3. The fraction of sp³-hybridized carbons (Fsp3) is 0.500. The maximum absolute atomic E-state index is 11.6.